The van der Waals surface area contributed by atoms with Gasteiger partial charge >= 0.3 is 0 Å². The van der Waals surface area contributed by atoms with Crippen molar-refractivity contribution < 1.29 is 9.53 Å². The molecule has 0 bridgehead atoms. The van der Waals surface area contributed by atoms with Crippen LogP contribution in [0.4, 0.5) is 0 Å². The molecule has 1 heterocycles. The summed E-state index contributed by atoms with van der Waals surface area (Å²) in [5.74, 6) is 0.0930. The third-order valence-corrected chi connectivity index (χ3v) is 3.43. The van der Waals surface area contributed by atoms with Gasteiger partial charge < -0.3 is 9.64 Å². The van der Waals surface area contributed by atoms with Crippen molar-refractivity contribution in [2.24, 2.45) is 0 Å². The molecule has 4 heteroatoms. The number of benzene rings is 1. The van der Waals surface area contributed by atoms with E-state index in [1.807, 2.05) is 29.2 Å². The Kier molecular flexibility index (Phi) is 4.07. The zero-order chi connectivity index (χ0) is 12.3. The highest BCUT2D eigenvalue weighted by atomic mass is 32.1. The second-order valence-corrected chi connectivity index (χ2v) is 4.79. The summed E-state index contributed by atoms with van der Waals surface area (Å²) in [6.07, 6.45) is 2.14. The largest absolute Gasteiger partial charge is 0.381 e. The molecule has 1 aromatic rings. The first-order valence-corrected chi connectivity index (χ1v) is 6.26. The Morgan fingerprint density at radius 2 is 2.12 bits per heavy atom. The number of thiol groups is 1. The Hall–Kier alpha value is -1.00. The van der Waals surface area contributed by atoms with E-state index in [4.69, 9.17) is 4.74 Å². The van der Waals surface area contributed by atoms with E-state index in [1.165, 1.54) is 0 Å². The lowest BCUT2D eigenvalue weighted by atomic mass is 10.1. The van der Waals surface area contributed by atoms with E-state index < -0.39 is 0 Å². The fraction of sp³-hybridized carbons (Fsp3) is 0.462. The van der Waals surface area contributed by atoms with E-state index in [-0.39, 0.29) is 5.91 Å². The van der Waals surface area contributed by atoms with Crippen molar-refractivity contribution in [3.8, 4) is 0 Å². The first-order chi connectivity index (χ1) is 8.20. The lowest BCUT2D eigenvalue weighted by Crippen LogP contribution is -2.40. The number of hydrogen-bond donors (Lipinski definition) is 1. The molecule has 0 spiro atoms. The second-order valence-electron chi connectivity index (χ2n) is 4.28. The van der Waals surface area contributed by atoms with Crippen LogP contribution in [0.2, 0.25) is 0 Å². The molecular formula is C13H17NO2S. The molecule has 0 aromatic heterocycles. The average Bonchev–Trinajstić information content (AvgIpc) is 2.38. The molecular weight excluding hydrogens is 234 g/mol. The smallest absolute Gasteiger partial charge is 0.253 e. The minimum absolute atomic E-state index is 0.0930. The summed E-state index contributed by atoms with van der Waals surface area (Å²) in [6.45, 7) is 1.54. The Bertz CT molecular complexity index is 400. The minimum Gasteiger partial charge on any atom is -0.381 e. The predicted molar refractivity (Wildman–Crippen MR) is 69.6 cm³/mol. The number of rotatable bonds is 2. The number of hydrogen-bond acceptors (Lipinski definition) is 3. The van der Waals surface area contributed by atoms with Crippen molar-refractivity contribution in [3.05, 3.63) is 29.8 Å². The monoisotopic (exact) mass is 251 g/mol. The lowest BCUT2D eigenvalue weighted by molar-refractivity contribution is 0.0350. The van der Waals surface area contributed by atoms with Crippen molar-refractivity contribution in [3.63, 3.8) is 0 Å². The second kappa shape index (κ2) is 5.56. The van der Waals surface area contributed by atoms with Gasteiger partial charge in [-0.05, 0) is 31.0 Å². The van der Waals surface area contributed by atoms with Crippen molar-refractivity contribution in [1.82, 2.24) is 4.90 Å². The van der Waals surface area contributed by atoms with Gasteiger partial charge in [-0.2, -0.15) is 0 Å². The van der Waals surface area contributed by atoms with Crippen LogP contribution in [0.15, 0.2) is 29.2 Å². The van der Waals surface area contributed by atoms with Crippen LogP contribution in [-0.2, 0) is 4.74 Å². The number of methoxy groups -OCH3 is 1. The van der Waals surface area contributed by atoms with E-state index >= 15 is 0 Å². The quantitative estimate of drug-likeness (QED) is 0.817. The van der Waals surface area contributed by atoms with Gasteiger partial charge in [0, 0.05) is 30.7 Å². The number of amides is 1. The SMILES string of the molecule is COC1CCN(C(=O)c2cccc(S)c2)CC1. The van der Waals surface area contributed by atoms with Gasteiger partial charge in [0.05, 0.1) is 6.10 Å². The van der Waals surface area contributed by atoms with Crippen LogP contribution in [0.1, 0.15) is 23.2 Å². The molecule has 0 aliphatic carbocycles. The maximum atomic E-state index is 12.2. The molecule has 0 N–H and O–H groups in total. The third kappa shape index (κ3) is 3.01. The maximum absolute atomic E-state index is 12.2. The summed E-state index contributed by atoms with van der Waals surface area (Å²) >= 11 is 4.25. The first kappa shape index (κ1) is 12.5. The number of ether oxygens (including phenoxy) is 1. The highest BCUT2D eigenvalue weighted by molar-refractivity contribution is 7.80. The van der Waals surface area contributed by atoms with Crippen molar-refractivity contribution >= 4 is 18.5 Å². The zero-order valence-corrected chi connectivity index (χ0v) is 10.8. The van der Waals surface area contributed by atoms with E-state index in [0.29, 0.717) is 11.7 Å². The normalized spacial score (nSPS) is 17.2. The van der Waals surface area contributed by atoms with Gasteiger partial charge in [-0.25, -0.2) is 0 Å². The number of nitrogens with zero attached hydrogens (tertiary/aromatic N) is 1. The fourth-order valence-corrected chi connectivity index (χ4v) is 2.34. The summed E-state index contributed by atoms with van der Waals surface area (Å²) in [5.41, 5.74) is 0.716. The van der Waals surface area contributed by atoms with Crippen molar-refractivity contribution in [2.75, 3.05) is 20.2 Å². The summed E-state index contributed by atoms with van der Waals surface area (Å²) in [5, 5.41) is 0. The van der Waals surface area contributed by atoms with E-state index in [0.717, 1.165) is 30.8 Å². The van der Waals surface area contributed by atoms with Gasteiger partial charge in [0.1, 0.15) is 0 Å². The van der Waals surface area contributed by atoms with Crippen LogP contribution in [0.25, 0.3) is 0 Å². The molecule has 1 aromatic carbocycles. The highest BCUT2D eigenvalue weighted by Crippen LogP contribution is 2.17. The molecule has 17 heavy (non-hydrogen) atoms. The lowest BCUT2D eigenvalue weighted by Gasteiger charge is -2.31. The Balaban J connectivity index is 2.02. The van der Waals surface area contributed by atoms with E-state index in [9.17, 15) is 4.79 Å². The molecule has 1 saturated heterocycles. The van der Waals surface area contributed by atoms with Crippen molar-refractivity contribution in [1.29, 1.82) is 0 Å². The third-order valence-electron chi connectivity index (χ3n) is 3.16. The number of carbonyl (C=O) groups excluding carboxylic acids is 1. The molecule has 1 aliphatic heterocycles. The molecule has 1 fully saturated rings. The standard InChI is InChI=1S/C13H17NO2S/c1-16-11-5-7-14(8-6-11)13(15)10-3-2-4-12(17)9-10/h2-4,9,11,17H,5-8H2,1H3. The topological polar surface area (TPSA) is 29.5 Å². The Morgan fingerprint density at radius 3 is 2.71 bits per heavy atom. The zero-order valence-electron chi connectivity index (χ0n) is 9.93. The molecule has 0 saturated carbocycles. The number of carbonyl (C=O) groups is 1. The van der Waals surface area contributed by atoms with Crippen LogP contribution in [-0.4, -0.2) is 37.1 Å². The summed E-state index contributed by atoms with van der Waals surface area (Å²) in [6, 6.07) is 7.38. The molecule has 1 aliphatic rings. The van der Waals surface area contributed by atoms with Crippen LogP contribution in [0.5, 0.6) is 0 Å². The summed E-state index contributed by atoms with van der Waals surface area (Å²) < 4.78 is 5.29. The molecule has 3 nitrogen and oxygen atoms in total. The van der Waals surface area contributed by atoms with Gasteiger partial charge in [-0.3, -0.25) is 4.79 Å². The molecule has 0 atom stereocenters. The van der Waals surface area contributed by atoms with Gasteiger partial charge in [-0.1, -0.05) is 6.07 Å². The molecule has 92 valence electrons. The minimum atomic E-state index is 0.0930. The summed E-state index contributed by atoms with van der Waals surface area (Å²) in [7, 11) is 1.73. The summed E-state index contributed by atoms with van der Waals surface area (Å²) in [4.78, 5) is 14.9. The van der Waals surface area contributed by atoms with Crippen LogP contribution >= 0.6 is 12.6 Å². The number of piperidine rings is 1. The molecule has 0 radical (unpaired) electrons. The highest BCUT2D eigenvalue weighted by Gasteiger charge is 2.23. The molecule has 2 rings (SSSR count). The average molecular weight is 251 g/mol. The van der Waals surface area contributed by atoms with E-state index in [1.54, 1.807) is 7.11 Å². The van der Waals surface area contributed by atoms with Gasteiger partial charge in [0.25, 0.3) is 5.91 Å². The van der Waals surface area contributed by atoms with Gasteiger partial charge in [0.15, 0.2) is 0 Å². The first-order valence-electron chi connectivity index (χ1n) is 5.82. The maximum Gasteiger partial charge on any atom is 0.253 e. The number of likely N-dealkylation sites (tertiary alicyclic amines) is 1. The van der Waals surface area contributed by atoms with Crippen LogP contribution < -0.4 is 0 Å². The molecule has 1 amide bonds. The predicted octanol–water partition coefficient (Wildman–Crippen LogP) is 2.23. The van der Waals surface area contributed by atoms with Crippen LogP contribution in [0, 0.1) is 0 Å². The molecule has 0 unspecified atom stereocenters. The van der Waals surface area contributed by atoms with Crippen LogP contribution in [0.3, 0.4) is 0 Å². The van der Waals surface area contributed by atoms with Crippen molar-refractivity contribution in [2.45, 2.75) is 23.8 Å². The van der Waals surface area contributed by atoms with Gasteiger partial charge in [-0.15, -0.1) is 12.6 Å². The van der Waals surface area contributed by atoms with E-state index in [2.05, 4.69) is 12.6 Å². The Labute approximate surface area is 107 Å². The fourth-order valence-electron chi connectivity index (χ4n) is 2.12. The Morgan fingerprint density at radius 1 is 1.41 bits per heavy atom. The van der Waals surface area contributed by atoms with Gasteiger partial charge in [0.2, 0.25) is 0 Å².